The minimum Gasteiger partial charge on any atom is -0.352 e. The maximum Gasteiger partial charge on any atom is 0.253 e. The van der Waals surface area contributed by atoms with E-state index < -0.39 is 0 Å². The lowest BCUT2D eigenvalue weighted by atomic mass is 10.0. The van der Waals surface area contributed by atoms with Crippen LogP contribution in [0.5, 0.6) is 0 Å². The Morgan fingerprint density at radius 3 is 2.39 bits per heavy atom. The molecule has 6 nitrogen and oxygen atoms in total. The van der Waals surface area contributed by atoms with Crippen molar-refractivity contribution in [2.45, 2.75) is 6.42 Å². The Hall–Kier alpha value is -3.51. The molecule has 1 aliphatic rings. The molecule has 2 aromatic carbocycles. The van der Waals surface area contributed by atoms with E-state index in [0.29, 0.717) is 17.7 Å². The van der Waals surface area contributed by atoms with Gasteiger partial charge in [0.25, 0.3) is 11.8 Å². The summed E-state index contributed by atoms with van der Waals surface area (Å²) in [6.45, 7) is 3.68. The van der Waals surface area contributed by atoms with Crippen LogP contribution in [-0.2, 0) is 6.42 Å². The first kappa shape index (κ1) is 20.8. The van der Waals surface area contributed by atoms with Crippen LogP contribution in [-0.4, -0.2) is 54.4 Å². The molecule has 0 bridgehead atoms. The van der Waals surface area contributed by atoms with Crippen molar-refractivity contribution in [2.75, 3.05) is 32.7 Å². The Kier molecular flexibility index (Phi) is 6.69. The van der Waals surface area contributed by atoms with Crippen molar-refractivity contribution in [1.29, 1.82) is 0 Å². The van der Waals surface area contributed by atoms with E-state index in [2.05, 4.69) is 15.6 Å². The van der Waals surface area contributed by atoms with Gasteiger partial charge >= 0.3 is 0 Å². The zero-order valence-corrected chi connectivity index (χ0v) is 17.4. The average Bonchev–Trinajstić information content (AvgIpc) is 2.85. The van der Waals surface area contributed by atoms with Crippen molar-refractivity contribution < 1.29 is 9.59 Å². The number of nitrogens with one attached hydrogen (secondary N) is 2. The third-order valence-corrected chi connectivity index (χ3v) is 5.41. The predicted octanol–water partition coefficient (Wildman–Crippen LogP) is 2.77. The number of pyridine rings is 1. The first-order valence-electron chi connectivity index (χ1n) is 10.6. The van der Waals surface area contributed by atoms with Crippen LogP contribution in [0.1, 0.15) is 26.3 Å². The molecule has 6 heteroatoms. The number of aromatic nitrogens is 1. The minimum atomic E-state index is -0.143. The van der Waals surface area contributed by atoms with Crippen LogP contribution in [0.2, 0.25) is 0 Å². The van der Waals surface area contributed by atoms with Crippen LogP contribution in [0.4, 0.5) is 0 Å². The van der Waals surface area contributed by atoms with E-state index in [1.165, 1.54) is 5.56 Å². The zero-order chi connectivity index (χ0) is 21.5. The van der Waals surface area contributed by atoms with E-state index in [0.717, 1.165) is 43.7 Å². The molecule has 0 radical (unpaired) electrons. The van der Waals surface area contributed by atoms with Gasteiger partial charge < -0.3 is 15.5 Å². The Morgan fingerprint density at radius 2 is 1.65 bits per heavy atom. The van der Waals surface area contributed by atoms with E-state index in [1.807, 2.05) is 65.6 Å². The second-order valence-corrected chi connectivity index (χ2v) is 7.57. The lowest BCUT2D eigenvalue weighted by Crippen LogP contribution is -2.46. The maximum absolute atomic E-state index is 12.6. The molecule has 0 atom stereocenters. The number of amides is 2. The van der Waals surface area contributed by atoms with Gasteiger partial charge in [-0.2, -0.15) is 0 Å². The second-order valence-electron chi connectivity index (χ2n) is 7.57. The van der Waals surface area contributed by atoms with Crippen molar-refractivity contribution in [2.24, 2.45) is 0 Å². The van der Waals surface area contributed by atoms with Crippen LogP contribution in [0.25, 0.3) is 11.1 Å². The van der Waals surface area contributed by atoms with Gasteiger partial charge in [-0.15, -0.1) is 0 Å². The van der Waals surface area contributed by atoms with E-state index in [1.54, 1.807) is 12.4 Å². The summed E-state index contributed by atoms with van der Waals surface area (Å²) >= 11 is 0. The molecule has 1 aromatic heterocycles. The molecule has 1 aliphatic heterocycles. The second kappa shape index (κ2) is 10.00. The number of hydrogen-bond acceptors (Lipinski definition) is 4. The first-order chi connectivity index (χ1) is 15.2. The SMILES string of the molecule is O=C(NCCc1ccccc1)c1cncc(-c2ccc(C(=O)N3CCNCC3)cc2)c1. The molecule has 0 spiro atoms. The molecule has 2 heterocycles. The zero-order valence-electron chi connectivity index (χ0n) is 17.4. The van der Waals surface area contributed by atoms with Gasteiger partial charge in [-0.3, -0.25) is 14.6 Å². The number of nitrogens with zero attached hydrogens (tertiary/aromatic N) is 2. The Labute approximate surface area is 182 Å². The van der Waals surface area contributed by atoms with Gasteiger partial charge in [-0.05, 0) is 35.7 Å². The third kappa shape index (κ3) is 5.35. The van der Waals surface area contributed by atoms with Crippen LogP contribution in [0.15, 0.2) is 73.1 Å². The average molecular weight is 415 g/mol. The van der Waals surface area contributed by atoms with Gasteiger partial charge in [0.1, 0.15) is 0 Å². The van der Waals surface area contributed by atoms with E-state index in [4.69, 9.17) is 0 Å². The molecule has 0 unspecified atom stereocenters. The molecular formula is C25H26N4O2. The fourth-order valence-electron chi connectivity index (χ4n) is 3.64. The van der Waals surface area contributed by atoms with Gasteiger partial charge in [-0.1, -0.05) is 42.5 Å². The van der Waals surface area contributed by atoms with Crippen molar-refractivity contribution in [3.63, 3.8) is 0 Å². The standard InChI is InChI=1S/C25H26N4O2/c30-24(28-11-10-19-4-2-1-3-5-19)23-16-22(17-27-18-23)20-6-8-21(9-7-20)25(31)29-14-12-26-13-15-29/h1-9,16-18,26H,10-15H2,(H,28,30). The van der Waals surface area contributed by atoms with E-state index >= 15 is 0 Å². The largest absolute Gasteiger partial charge is 0.352 e. The summed E-state index contributed by atoms with van der Waals surface area (Å²) in [6.07, 6.45) is 4.08. The highest BCUT2D eigenvalue weighted by Crippen LogP contribution is 2.21. The van der Waals surface area contributed by atoms with Crippen molar-refractivity contribution in [3.8, 4) is 11.1 Å². The molecular weight excluding hydrogens is 388 g/mol. The van der Waals surface area contributed by atoms with Crippen LogP contribution in [0, 0.1) is 0 Å². The lowest BCUT2D eigenvalue weighted by molar-refractivity contribution is 0.0735. The summed E-state index contributed by atoms with van der Waals surface area (Å²) in [5, 5.41) is 6.21. The summed E-state index contributed by atoms with van der Waals surface area (Å²) in [7, 11) is 0. The highest BCUT2D eigenvalue weighted by Gasteiger charge is 2.17. The molecule has 158 valence electrons. The highest BCUT2D eigenvalue weighted by atomic mass is 16.2. The predicted molar refractivity (Wildman–Crippen MR) is 121 cm³/mol. The molecule has 4 rings (SSSR count). The summed E-state index contributed by atoms with van der Waals surface area (Å²) < 4.78 is 0. The number of carbonyl (C=O) groups excluding carboxylic acids is 2. The number of hydrogen-bond donors (Lipinski definition) is 2. The van der Waals surface area contributed by atoms with Crippen molar-refractivity contribution in [1.82, 2.24) is 20.5 Å². The topological polar surface area (TPSA) is 74.3 Å². The van der Waals surface area contributed by atoms with Gasteiger partial charge in [-0.25, -0.2) is 0 Å². The van der Waals surface area contributed by atoms with Gasteiger partial charge in [0, 0.05) is 56.2 Å². The Bertz CT molecular complexity index is 1030. The van der Waals surface area contributed by atoms with Crippen LogP contribution in [0.3, 0.4) is 0 Å². The first-order valence-corrected chi connectivity index (χ1v) is 10.6. The fourth-order valence-corrected chi connectivity index (χ4v) is 3.64. The summed E-state index contributed by atoms with van der Waals surface area (Å²) in [5.74, 6) is -0.0893. The number of benzene rings is 2. The van der Waals surface area contributed by atoms with Gasteiger partial charge in [0.2, 0.25) is 0 Å². The Morgan fingerprint density at radius 1 is 0.903 bits per heavy atom. The molecule has 3 aromatic rings. The van der Waals surface area contributed by atoms with Crippen LogP contribution >= 0.6 is 0 Å². The quantitative estimate of drug-likeness (QED) is 0.651. The van der Waals surface area contributed by atoms with E-state index in [9.17, 15) is 9.59 Å². The van der Waals surface area contributed by atoms with Crippen molar-refractivity contribution in [3.05, 3.63) is 89.7 Å². The summed E-state index contributed by atoms with van der Waals surface area (Å²) in [4.78, 5) is 31.3. The summed E-state index contributed by atoms with van der Waals surface area (Å²) in [6, 6.07) is 19.4. The van der Waals surface area contributed by atoms with Gasteiger partial charge in [0.15, 0.2) is 0 Å². The van der Waals surface area contributed by atoms with Crippen molar-refractivity contribution >= 4 is 11.8 Å². The van der Waals surface area contributed by atoms with Gasteiger partial charge in [0.05, 0.1) is 5.56 Å². The minimum absolute atomic E-state index is 0.0534. The monoisotopic (exact) mass is 414 g/mol. The smallest absolute Gasteiger partial charge is 0.253 e. The molecule has 2 N–H and O–H groups in total. The van der Waals surface area contributed by atoms with Crippen LogP contribution < -0.4 is 10.6 Å². The molecule has 1 fully saturated rings. The number of piperazine rings is 1. The molecule has 0 saturated carbocycles. The Balaban J connectivity index is 1.39. The molecule has 2 amide bonds. The maximum atomic E-state index is 12.6. The number of rotatable bonds is 6. The summed E-state index contributed by atoms with van der Waals surface area (Å²) in [5.41, 5.74) is 4.14. The fraction of sp³-hybridized carbons (Fsp3) is 0.240. The molecule has 0 aliphatic carbocycles. The number of carbonyl (C=O) groups is 2. The highest BCUT2D eigenvalue weighted by molar-refractivity contribution is 5.96. The molecule has 1 saturated heterocycles. The normalized spacial score (nSPS) is 13.6. The molecule has 31 heavy (non-hydrogen) atoms. The third-order valence-electron chi connectivity index (χ3n) is 5.41. The van der Waals surface area contributed by atoms with E-state index in [-0.39, 0.29) is 11.8 Å². The lowest BCUT2D eigenvalue weighted by Gasteiger charge is -2.27.